The van der Waals surface area contributed by atoms with Gasteiger partial charge in [0.25, 0.3) is 0 Å². The van der Waals surface area contributed by atoms with Gasteiger partial charge in [-0.25, -0.2) is 19.9 Å². The van der Waals surface area contributed by atoms with E-state index >= 15 is 0 Å². The highest BCUT2D eigenvalue weighted by Gasteiger charge is 2.50. The third-order valence-corrected chi connectivity index (χ3v) is 24.4. The second kappa shape index (κ2) is 53.7. The number of nitrogens with one attached hydrogen (secondary N) is 1. The third kappa shape index (κ3) is 35.7. The summed E-state index contributed by atoms with van der Waals surface area (Å²) in [4.78, 5) is 31.9. The van der Waals surface area contributed by atoms with Crippen molar-refractivity contribution in [2.24, 2.45) is 0 Å². The van der Waals surface area contributed by atoms with Crippen LogP contribution < -0.4 is 47.0 Å². The van der Waals surface area contributed by atoms with Gasteiger partial charge in [-0.15, -0.1) is 0 Å². The summed E-state index contributed by atoms with van der Waals surface area (Å²) >= 11 is 3.39. The smallest absolute Gasteiger partial charge is 0.489 e. The number of aliphatic hydroxyl groups is 5. The molecule has 0 aliphatic carbocycles. The molecule has 0 spiro atoms. The minimum atomic E-state index is -5.91. The molecule has 6 N–H and O–H groups in total. The van der Waals surface area contributed by atoms with Gasteiger partial charge in [0.2, 0.25) is 23.5 Å². The van der Waals surface area contributed by atoms with Gasteiger partial charge in [-0.05, 0) is 104 Å². The van der Waals surface area contributed by atoms with Crippen molar-refractivity contribution in [1.82, 2.24) is 24.9 Å². The summed E-state index contributed by atoms with van der Waals surface area (Å²) in [6, 6.07) is 33.5. The van der Waals surface area contributed by atoms with Crippen LogP contribution in [-0.2, 0) is 113 Å². The Morgan fingerprint density at radius 1 is 0.375 bits per heavy atom. The number of rotatable bonds is 37. The second-order valence-electron chi connectivity index (χ2n) is 32.4. The maximum absolute atomic E-state index is 12.7. The average Bonchev–Trinajstić information content (AvgIpc) is 1.30. The Bertz CT molecular complexity index is 5000. The molecule has 45 heteroatoms. The maximum Gasteiger partial charge on any atom is 0.534 e. The molecule has 36 nitrogen and oxygen atoms in total. The van der Waals surface area contributed by atoms with Crippen molar-refractivity contribution in [3.05, 3.63) is 170 Å². The lowest BCUT2D eigenvalue weighted by molar-refractivity contribution is -0.165. The number of nitrogens with zero attached hydrogens (tertiary/aromatic N) is 4. The van der Waals surface area contributed by atoms with Crippen molar-refractivity contribution in [3.8, 4) is 52.4 Å². The molecule has 4 unspecified atom stereocenters. The monoisotopic (exact) mass is 2030 g/mol. The summed E-state index contributed by atoms with van der Waals surface area (Å²) in [5, 5.41) is 52.0. The van der Waals surface area contributed by atoms with Crippen LogP contribution in [0.1, 0.15) is 162 Å². The lowest BCUT2D eigenvalue weighted by Gasteiger charge is -2.32. The Hall–Kier alpha value is -8.53. The molecule has 5 aromatic heterocycles. The molecule has 8 saturated heterocycles. The molecule has 754 valence electrons. The van der Waals surface area contributed by atoms with Crippen LogP contribution in [-0.4, -0.2) is 249 Å². The fraction of sp³-hybridized carbons (Fsp3) is 0.593. The van der Waals surface area contributed by atoms with Gasteiger partial charge >= 0.3 is 31.3 Å². The van der Waals surface area contributed by atoms with Crippen molar-refractivity contribution in [3.63, 3.8) is 0 Å². The first-order valence-electron chi connectivity index (χ1n) is 45.1. The lowest BCUT2D eigenvalue weighted by Crippen LogP contribution is -2.35. The normalized spacial score (nSPS) is 20.5. The van der Waals surface area contributed by atoms with Crippen LogP contribution in [0.5, 0.6) is 52.4 Å². The summed E-state index contributed by atoms with van der Waals surface area (Å²) in [7, 11) is -11.8. The predicted molar refractivity (Wildman–Crippen MR) is 473 cm³/mol. The average molecular weight is 2040 g/mol. The van der Waals surface area contributed by atoms with Gasteiger partial charge in [-0.1, -0.05) is 60.7 Å². The highest BCUT2D eigenvalue weighted by molar-refractivity contribution is 9.10. The first-order valence-corrected chi connectivity index (χ1v) is 48.7. The molecule has 2 aromatic carbocycles. The number of hydrogen-bond acceptors (Lipinski definition) is 35. The molecule has 15 rings (SSSR count). The van der Waals surface area contributed by atoms with Gasteiger partial charge in [0, 0.05) is 191 Å². The zero-order chi connectivity index (χ0) is 96.8. The van der Waals surface area contributed by atoms with E-state index in [1.807, 2.05) is 66.7 Å². The Labute approximate surface area is 792 Å². The highest BCUT2D eigenvalue weighted by atomic mass is 79.9. The minimum Gasteiger partial charge on any atom is -0.489 e. The predicted octanol–water partition coefficient (Wildman–Crippen LogP) is 12.1. The number of aromatic nitrogens is 5. The van der Waals surface area contributed by atoms with Gasteiger partial charge in [-0.3, -0.25) is 4.79 Å². The molecule has 0 amide bonds. The van der Waals surface area contributed by atoms with Crippen LogP contribution in [0.4, 0.5) is 26.3 Å². The number of halogens is 7. The molecule has 7 aromatic rings. The maximum atomic E-state index is 12.7. The molecule has 8 aliphatic rings. The Morgan fingerprint density at radius 3 is 1.03 bits per heavy atom. The van der Waals surface area contributed by atoms with E-state index in [9.17, 15) is 68.4 Å². The molecule has 0 saturated carbocycles. The van der Waals surface area contributed by atoms with Crippen LogP contribution >= 0.6 is 15.9 Å². The SMILES string of the molecule is Brc1cc(OCc2ccccc2)cc(OCCOC2CCCCO2)n1.O=S(=O)(Oc1cc(OCCO)nc(C2(O)CCOCC2)c1)C(F)(F)F.O=S(=O)(Oc1cc(OCCOC2CCCCO2)nc(C2(O)CCOCC2)c1)C(F)(F)F.O=c1cc(OCCOC2CCCCO2)[nH]c(C2(O)CCOCC2)c1.OC1(c2cc(OCc3ccccc3)cc(OCCOC3CCCCO3)n2)CCOCC1. The van der Waals surface area contributed by atoms with Crippen LogP contribution in [0.3, 0.4) is 0 Å². The zero-order valence-electron chi connectivity index (χ0n) is 75.1. The Kier molecular flexibility index (Phi) is 42.6. The summed E-state index contributed by atoms with van der Waals surface area (Å²) in [5.41, 5.74) is -13.6. The standard InChI is InChI=1S/C24H31NO6.C19H22BrNO4.C18H24F3NO8S.C17H25NO6.C13H16F3NO7S/c26-24(9-12-27-13-10-24)21-16-20(31-18-19-6-2-1-3-7-19)17-22(25-21)28-14-15-30-23-8-4-5-11-29-23;20-17-12-16(25-14-15-6-2-1-3-7-15)13-18(21-17)22-10-11-24-19-8-4-5-9-23-19;19-18(20,21)31(24,25)30-13-11-14(17(23)4-7-26-8-5-17)22-15(12-13)27-9-10-29-16-3-1-2-6-28-16;19-13-11-14(17(20)4-7-21-8-5-17)18-15(12-13)22-9-10-24-16-3-1-2-6-23-16;14-13(15,16)25(20,21)24-9-7-10(12(19)1-4-22-5-2-12)17-11(8-9)23-6-3-18/h1-3,6-7,16-17,23,26H,4-5,8-15,18H2;1-3,6-7,12-13,19H,4-5,8-11,14H2;11-12,16,23H,1-10H2;11-12,16,20H,1-10H2,(H,18,19);7-8,18-19H,1-6H2. The summed E-state index contributed by atoms with van der Waals surface area (Å²) in [6.45, 7) is 8.32. The first kappa shape index (κ1) is 108. The van der Waals surface area contributed by atoms with Crippen molar-refractivity contribution >= 4 is 36.2 Å². The van der Waals surface area contributed by atoms with Crippen molar-refractivity contribution < 1.29 is 167 Å². The molecule has 0 radical (unpaired) electrons. The second-order valence-corrected chi connectivity index (χ2v) is 36.2. The fourth-order valence-electron chi connectivity index (χ4n) is 14.5. The van der Waals surface area contributed by atoms with Crippen LogP contribution in [0.25, 0.3) is 0 Å². The lowest BCUT2D eigenvalue weighted by atomic mass is 9.90. The Balaban J connectivity index is 0.000000164. The molecule has 4 atom stereocenters. The number of ether oxygens (including phenoxy) is 19. The van der Waals surface area contributed by atoms with E-state index in [1.165, 1.54) is 12.1 Å². The van der Waals surface area contributed by atoms with E-state index in [0.29, 0.717) is 157 Å². The fourth-order valence-corrected chi connectivity index (χ4v) is 15.8. The number of H-pyrrole nitrogens is 1. The number of benzene rings is 2. The summed E-state index contributed by atoms with van der Waals surface area (Å²) in [6.07, 6.45) is 13.7. The largest absolute Gasteiger partial charge is 0.534 e. The first-order chi connectivity index (χ1) is 65.3. The van der Waals surface area contributed by atoms with Gasteiger partial charge < -0.3 is 129 Å². The van der Waals surface area contributed by atoms with E-state index in [2.05, 4.69) is 49.2 Å². The van der Waals surface area contributed by atoms with Gasteiger partial charge in [0.05, 0.1) is 55.8 Å². The van der Waals surface area contributed by atoms with Crippen LogP contribution in [0.15, 0.2) is 131 Å². The third-order valence-electron chi connectivity index (χ3n) is 22.0. The molecular formula is C91H118BrF6N5O31S2. The van der Waals surface area contributed by atoms with Gasteiger partial charge in [-0.2, -0.15) is 43.2 Å². The van der Waals surface area contributed by atoms with Crippen molar-refractivity contribution in [2.75, 3.05) is 145 Å². The molecule has 136 heavy (non-hydrogen) atoms. The summed E-state index contributed by atoms with van der Waals surface area (Å²) < 4.78 is 235. The topological polar surface area (TPSA) is 448 Å². The number of hydrogen-bond donors (Lipinski definition) is 6. The van der Waals surface area contributed by atoms with E-state index < -0.39 is 71.8 Å². The number of aromatic amines is 1. The minimum absolute atomic E-state index is 0.0245. The quantitative estimate of drug-likeness (QED) is 0.00692. The molecular weight excluding hydrogens is 1920 g/mol. The molecule has 0 bridgehead atoms. The van der Waals surface area contributed by atoms with Crippen molar-refractivity contribution in [2.45, 2.75) is 200 Å². The summed E-state index contributed by atoms with van der Waals surface area (Å²) in [5.74, 6) is 0.683. The Morgan fingerprint density at radius 2 is 0.691 bits per heavy atom. The van der Waals surface area contributed by atoms with Crippen LogP contribution in [0, 0.1) is 0 Å². The van der Waals surface area contributed by atoms with E-state index in [0.717, 1.165) is 132 Å². The molecule has 13 heterocycles. The molecule has 8 fully saturated rings. The number of pyridine rings is 5. The van der Waals surface area contributed by atoms with E-state index in [1.54, 1.807) is 18.2 Å². The van der Waals surface area contributed by atoms with Gasteiger partial charge in [0.15, 0.2) is 36.5 Å². The molecule has 8 aliphatic heterocycles. The number of alkyl halides is 6. The highest BCUT2D eigenvalue weighted by Crippen LogP contribution is 2.41. The van der Waals surface area contributed by atoms with Gasteiger partial charge in [0.1, 0.15) is 96.3 Å². The van der Waals surface area contributed by atoms with E-state index in [-0.39, 0.29) is 126 Å². The van der Waals surface area contributed by atoms with Crippen LogP contribution in [0.2, 0.25) is 0 Å². The number of aliphatic hydroxyl groups excluding tert-OH is 1. The zero-order valence-corrected chi connectivity index (χ0v) is 78.3. The van der Waals surface area contributed by atoms with Crippen molar-refractivity contribution in [1.29, 1.82) is 0 Å². The van der Waals surface area contributed by atoms with E-state index in [4.69, 9.17) is 95.1 Å².